The summed E-state index contributed by atoms with van der Waals surface area (Å²) in [6, 6.07) is 11.8. The summed E-state index contributed by atoms with van der Waals surface area (Å²) in [6.45, 7) is 2.27. The topological polar surface area (TPSA) is 136 Å². The van der Waals surface area contributed by atoms with E-state index >= 15 is 0 Å². The van der Waals surface area contributed by atoms with Crippen LogP contribution in [0, 0.1) is 0 Å². The van der Waals surface area contributed by atoms with Crippen LogP contribution >= 0.6 is 0 Å². The minimum Gasteiger partial charge on any atom is -0.494 e. The largest absolute Gasteiger partial charge is 0.494 e. The van der Waals surface area contributed by atoms with Gasteiger partial charge in [-0.3, -0.25) is 4.79 Å². The Morgan fingerprint density at radius 1 is 1.13 bits per heavy atom. The first kappa shape index (κ1) is 26.9. The highest BCUT2D eigenvalue weighted by atomic mass is 19.4. The summed E-state index contributed by atoms with van der Waals surface area (Å²) < 4.78 is 50.9. The number of alkyl halides is 3. The summed E-state index contributed by atoms with van der Waals surface area (Å²) in [5, 5.41) is 15.0. The lowest BCUT2D eigenvalue weighted by Gasteiger charge is -2.11. The van der Waals surface area contributed by atoms with Crippen molar-refractivity contribution >= 4 is 22.5 Å². The van der Waals surface area contributed by atoms with Crippen LogP contribution in [0.25, 0.3) is 22.4 Å². The number of fused-ring (bicyclic) bond motifs is 1. The molecule has 0 fully saturated rings. The fraction of sp³-hybridized carbons (Fsp3) is 0.269. The SMILES string of the molecule is COc1ccc(-c2nc(C(=O)NCc3ccc(NCCO)cc3)c([C@H](C)N)o2)c2ccc(C(F)(F)F)nc12. The molecule has 2 aromatic heterocycles. The second kappa shape index (κ2) is 11.1. The maximum absolute atomic E-state index is 13.3. The predicted octanol–water partition coefficient (Wildman–Crippen LogP) is 4.27. The summed E-state index contributed by atoms with van der Waals surface area (Å²) in [6.07, 6.45) is -4.64. The van der Waals surface area contributed by atoms with Gasteiger partial charge < -0.3 is 30.6 Å². The number of halogens is 3. The molecule has 0 radical (unpaired) electrons. The number of oxazole rings is 1. The van der Waals surface area contributed by atoms with Crippen molar-refractivity contribution in [1.29, 1.82) is 0 Å². The number of hydrogen-bond acceptors (Lipinski definition) is 8. The molecule has 5 N–H and O–H groups in total. The molecule has 1 atom stereocenters. The van der Waals surface area contributed by atoms with E-state index in [1.807, 2.05) is 24.3 Å². The van der Waals surface area contributed by atoms with E-state index in [2.05, 4.69) is 20.6 Å². The Hall–Kier alpha value is -4.16. The van der Waals surface area contributed by atoms with Gasteiger partial charge in [0.2, 0.25) is 5.89 Å². The molecule has 4 rings (SSSR count). The standard InChI is InChI=1S/C26H26F3N5O4/c1-14(30)23-22(24(36)32-13-15-3-5-16(6-4-15)31-11-12-35)34-25(38-23)18-7-9-19(37-2)21-17(18)8-10-20(33-21)26(27,28)29/h3-10,14,31,35H,11-13,30H2,1-2H3,(H,32,36)/t14-/m0/s1. The summed E-state index contributed by atoms with van der Waals surface area (Å²) in [7, 11) is 1.33. The van der Waals surface area contributed by atoms with E-state index in [0.717, 1.165) is 17.3 Å². The molecule has 0 aliphatic heterocycles. The quantitative estimate of drug-likeness (QED) is 0.252. The van der Waals surface area contributed by atoms with Crippen molar-refractivity contribution in [3.05, 3.63) is 71.2 Å². The molecule has 0 saturated heterocycles. The van der Waals surface area contributed by atoms with Crippen LogP contribution in [-0.4, -0.2) is 41.2 Å². The molecular formula is C26H26F3N5O4. The molecule has 0 aliphatic carbocycles. The van der Waals surface area contributed by atoms with Gasteiger partial charge >= 0.3 is 6.18 Å². The van der Waals surface area contributed by atoms with Gasteiger partial charge in [-0.2, -0.15) is 13.2 Å². The van der Waals surface area contributed by atoms with Gasteiger partial charge in [0.05, 0.1) is 19.8 Å². The second-order valence-electron chi connectivity index (χ2n) is 8.46. The number of ether oxygens (including phenoxy) is 1. The number of benzene rings is 2. The fourth-order valence-electron chi connectivity index (χ4n) is 3.83. The number of nitrogens with one attached hydrogen (secondary N) is 2. The van der Waals surface area contributed by atoms with Crippen molar-refractivity contribution in [2.75, 3.05) is 25.6 Å². The highest BCUT2D eigenvalue weighted by Crippen LogP contribution is 2.37. The Kier molecular flexibility index (Phi) is 7.83. The first-order chi connectivity index (χ1) is 18.1. The van der Waals surface area contributed by atoms with Gasteiger partial charge in [0.1, 0.15) is 17.0 Å². The number of nitrogens with zero attached hydrogens (tertiary/aromatic N) is 2. The first-order valence-corrected chi connectivity index (χ1v) is 11.7. The zero-order chi connectivity index (χ0) is 27.4. The van der Waals surface area contributed by atoms with E-state index in [-0.39, 0.29) is 41.8 Å². The van der Waals surface area contributed by atoms with Crippen LogP contribution in [0.4, 0.5) is 18.9 Å². The van der Waals surface area contributed by atoms with Gasteiger partial charge in [-0.15, -0.1) is 0 Å². The Bertz CT molecular complexity index is 1440. The van der Waals surface area contributed by atoms with Crippen LogP contribution in [0.5, 0.6) is 5.75 Å². The van der Waals surface area contributed by atoms with E-state index in [4.69, 9.17) is 20.0 Å². The smallest absolute Gasteiger partial charge is 0.433 e. The average Bonchev–Trinajstić information content (AvgIpc) is 3.35. The van der Waals surface area contributed by atoms with Crippen molar-refractivity contribution in [3.63, 3.8) is 0 Å². The predicted molar refractivity (Wildman–Crippen MR) is 135 cm³/mol. The third-order valence-electron chi connectivity index (χ3n) is 5.69. The molecule has 200 valence electrons. The lowest BCUT2D eigenvalue weighted by atomic mass is 10.1. The maximum atomic E-state index is 13.3. The van der Waals surface area contributed by atoms with Crippen LogP contribution in [0.2, 0.25) is 0 Å². The summed E-state index contributed by atoms with van der Waals surface area (Å²) >= 11 is 0. The molecule has 0 aliphatic rings. The molecule has 38 heavy (non-hydrogen) atoms. The zero-order valence-corrected chi connectivity index (χ0v) is 20.6. The Morgan fingerprint density at radius 3 is 2.50 bits per heavy atom. The molecule has 2 heterocycles. The highest BCUT2D eigenvalue weighted by Gasteiger charge is 2.33. The van der Waals surface area contributed by atoms with Crippen LogP contribution in [0.3, 0.4) is 0 Å². The van der Waals surface area contributed by atoms with Gasteiger partial charge in [-0.1, -0.05) is 12.1 Å². The molecule has 1 amide bonds. The van der Waals surface area contributed by atoms with Crippen LogP contribution < -0.4 is 21.1 Å². The van der Waals surface area contributed by atoms with E-state index in [9.17, 15) is 18.0 Å². The molecular weight excluding hydrogens is 503 g/mol. The minimum atomic E-state index is -4.64. The second-order valence-corrected chi connectivity index (χ2v) is 8.46. The third-order valence-corrected chi connectivity index (χ3v) is 5.69. The number of rotatable bonds is 9. The maximum Gasteiger partial charge on any atom is 0.433 e. The molecule has 0 spiro atoms. The minimum absolute atomic E-state index is 0.0102. The van der Waals surface area contributed by atoms with Crippen molar-refractivity contribution in [2.24, 2.45) is 5.73 Å². The molecule has 9 nitrogen and oxygen atoms in total. The number of aliphatic hydroxyl groups excluding tert-OH is 1. The Morgan fingerprint density at radius 2 is 1.87 bits per heavy atom. The van der Waals surface area contributed by atoms with E-state index in [1.165, 1.54) is 19.2 Å². The average molecular weight is 530 g/mol. The highest BCUT2D eigenvalue weighted by molar-refractivity contribution is 5.98. The molecule has 4 aromatic rings. The number of aliphatic hydroxyl groups is 1. The van der Waals surface area contributed by atoms with Crippen molar-refractivity contribution in [2.45, 2.75) is 25.7 Å². The molecule has 0 saturated carbocycles. The number of nitrogens with two attached hydrogens (primary N) is 1. The number of anilines is 1. The van der Waals surface area contributed by atoms with Crippen molar-refractivity contribution < 1.29 is 32.2 Å². The number of hydrogen-bond donors (Lipinski definition) is 4. The van der Waals surface area contributed by atoms with Gasteiger partial charge in [0, 0.05) is 29.7 Å². The van der Waals surface area contributed by atoms with Crippen LogP contribution in [-0.2, 0) is 12.7 Å². The lowest BCUT2D eigenvalue weighted by molar-refractivity contribution is -0.140. The Balaban J connectivity index is 1.64. The summed E-state index contributed by atoms with van der Waals surface area (Å²) in [5.74, 6) is -0.240. The zero-order valence-electron chi connectivity index (χ0n) is 20.6. The van der Waals surface area contributed by atoms with Crippen molar-refractivity contribution in [3.8, 4) is 17.2 Å². The molecule has 2 aromatic carbocycles. The van der Waals surface area contributed by atoms with E-state index < -0.39 is 23.8 Å². The van der Waals surface area contributed by atoms with E-state index in [1.54, 1.807) is 13.0 Å². The normalized spacial score (nSPS) is 12.4. The number of amides is 1. The fourth-order valence-corrected chi connectivity index (χ4v) is 3.83. The lowest BCUT2D eigenvalue weighted by Crippen LogP contribution is -2.25. The summed E-state index contributed by atoms with van der Waals surface area (Å²) in [4.78, 5) is 21.1. The van der Waals surface area contributed by atoms with Crippen molar-refractivity contribution in [1.82, 2.24) is 15.3 Å². The van der Waals surface area contributed by atoms with Gasteiger partial charge in [0.25, 0.3) is 5.91 Å². The van der Waals surface area contributed by atoms with Crippen LogP contribution in [0.15, 0.2) is 52.9 Å². The Labute approximate surface area is 215 Å². The number of aromatic nitrogens is 2. The number of methoxy groups -OCH3 is 1. The molecule has 0 bridgehead atoms. The van der Waals surface area contributed by atoms with Crippen LogP contribution in [0.1, 0.15) is 40.5 Å². The molecule has 0 unspecified atom stereocenters. The third kappa shape index (κ3) is 5.71. The monoisotopic (exact) mass is 529 g/mol. The van der Waals surface area contributed by atoms with Gasteiger partial charge in [-0.25, -0.2) is 9.97 Å². The van der Waals surface area contributed by atoms with Gasteiger partial charge in [0.15, 0.2) is 11.5 Å². The molecule has 12 heteroatoms. The number of pyridine rings is 1. The number of carbonyl (C=O) groups excluding carboxylic acids is 1. The first-order valence-electron chi connectivity index (χ1n) is 11.7. The summed E-state index contributed by atoms with van der Waals surface area (Å²) in [5.41, 5.74) is 6.90. The number of carbonyl (C=O) groups is 1. The van der Waals surface area contributed by atoms with E-state index in [0.29, 0.717) is 17.5 Å². The van der Waals surface area contributed by atoms with Gasteiger partial charge in [-0.05, 0) is 48.9 Å².